The molecule has 16 heavy (non-hydrogen) atoms. The summed E-state index contributed by atoms with van der Waals surface area (Å²) in [4.78, 5) is 15.5. The highest BCUT2D eigenvalue weighted by atomic mass is 16.1. The van der Waals surface area contributed by atoms with Crippen LogP contribution in [-0.4, -0.2) is 24.0 Å². The van der Waals surface area contributed by atoms with Gasteiger partial charge in [-0.05, 0) is 12.1 Å². The third kappa shape index (κ3) is 5.26. The van der Waals surface area contributed by atoms with Crippen molar-refractivity contribution in [1.29, 1.82) is 0 Å². The molecule has 0 saturated heterocycles. The van der Waals surface area contributed by atoms with Gasteiger partial charge in [0.05, 0.1) is 12.2 Å². The number of hydrogen-bond donors (Lipinski definition) is 2. The molecule has 0 radical (unpaired) electrons. The first-order valence-electron chi connectivity index (χ1n) is 5.31. The first kappa shape index (κ1) is 12.4. The van der Waals surface area contributed by atoms with Crippen LogP contribution < -0.4 is 10.6 Å². The average molecular weight is 219 g/mol. The summed E-state index contributed by atoms with van der Waals surface area (Å²) >= 11 is 0. The Bertz CT molecular complexity index is 324. The summed E-state index contributed by atoms with van der Waals surface area (Å²) in [6, 6.07) is 5.64. The average Bonchev–Trinajstić information content (AvgIpc) is 2.33. The number of hydrogen-bond acceptors (Lipinski definition) is 3. The number of aromatic nitrogens is 1. The topological polar surface area (TPSA) is 54.0 Å². The minimum Gasteiger partial charge on any atom is -0.350 e. The van der Waals surface area contributed by atoms with Gasteiger partial charge in [0.15, 0.2) is 0 Å². The van der Waals surface area contributed by atoms with Gasteiger partial charge in [-0.3, -0.25) is 9.78 Å². The summed E-state index contributed by atoms with van der Waals surface area (Å²) in [5.41, 5.74) is 0.870. The molecule has 0 aliphatic carbocycles. The third-order valence-corrected chi connectivity index (χ3v) is 2.01. The molecule has 0 atom stereocenters. The smallest absolute Gasteiger partial charge is 0.221 e. The van der Waals surface area contributed by atoms with E-state index in [1.807, 2.05) is 18.2 Å². The second-order valence-electron chi connectivity index (χ2n) is 3.34. The fraction of sp³-hybridized carbons (Fsp3) is 0.333. The van der Waals surface area contributed by atoms with E-state index in [0.717, 1.165) is 12.2 Å². The van der Waals surface area contributed by atoms with Crippen LogP contribution in [0.5, 0.6) is 0 Å². The van der Waals surface area contributed by atoms with Gasteiger partial charge in [0.2, 0.25) is 5.91 Å². The van der Waals surface area contributed by atoms with Gasteiger partial charge in [-0.2, -0.15) is 0 Å². The predicted octanol–water partition coefficient (Wildman–Crippen LogP) is 0.863. The number of amides is 1. The Balaban J connectivity index is 2.13. The second kappa shape index (κ2) is 7.59. The van der Waals surface area contributed by atoms with Crippen LogP contribution in [0, 0.1) is 0 Å². The highest BCUT2D eigenvalue weighted by Gasteiger charge is 2.00. The molecule has 0 unspecified atom stereocenters. The molecule has 0 aliphatic rings. The summed E-state index contributed by atoms with van der Waals surface area (Å²) in [5.74, 6) is 0.0298. The zero-order chi connectivity index (χ0) is 11.6. The van der Waals surface area contributed by atoms with E-state index in [-0.39, 0.29) is 5.91 Å². The van der Waals surface area contributed by atoms with Crippen molar-refractivity contribution < 1.29 is 4.79 Å². The Labute approximate surface area is 95.8 Å². The third-order valence-electron chi connectivity index (χ3n) is 2.01. The maximum atomic E-state index is 11.4. The fourth-order valence-electron chi connectivity index (χ4n) is 1.19. The van der Waals surface area contributed by atoms with E-state index >= 15 is 0 Å². The van der Waals surface area contributed by atoms with Gasteiger partial charge >= 0.3 is 0 Å². The summed E-state index contributed by atoms with van der Waals surface area (Å²) in [6.07, 6.45) is 3.96. The number of rotatable bonds is 7. The van der Waals surface area contributed by atoms with Crippen molar-refractivity contribution in [3.63, 3.8) is 0 Å². The van der Waals surface area contributed by atoms with E-state index < -0.39 is 0 Å². The maximum Gasteiger partial charge on any atom is 0.221 e. The summed E-state index contributed by atoms with van der Waals surface area (Å²) < 4.78 is 0. The Morgan fingerprint density at radius 3 is 3.06 bits per heavy atom. The number of pyridine rings is 1. The van der Waals surface area contributed by atoms with Gasteiger partial charge in [-0.15, -0.1) is 6.58 Å². The monoisotopic (exact) mass is 219 g/mol. The Morgan fingerprint density at radius 2 is 2.38 bits per heavy atom. The van der Waals surface area contributed by atoms with Crippen molar-refractivity contribution in [3.8, 4) is 0 Å². The van der Waals surface area contributed by atoms with Gasteiger partial charge in [-0.25, -0.2) is 0 Å². The number of carbonyl (C=O) groups excluding carboxylic acids is 1. The highest BCUT2D eigenvalue weighted by molar-refractivity contribution is 5.75. The van der Waals surface area contributed by atoms with Crippen LogP contribution in [0.15, 0.2) is 37.1 Å². The van der Waals surface area contributed by atoms with Crippen molar-refractivity contribution in [2.75, 3.05) is 13.1 Å². The molecule has 0 spiro atoms. The van der Waals surface area contributed by atoms with Crippen LogP contribution in [-0.2, 0) is 11.3 Å². The second-order valence-corrected chi connectivity index (χ2v) is 3.34. The van der Waals surface area contributed by atoms with Crippen LogP contribution in [0.2, 0.25) is 0 Å². The largest absolute Gasteiger partial charge is 0.350 e. The number of nitrogens with one attached hydrogen (secondary N) is 2. The van der Waals surface area contributed by atoms with Crippen LogP contribution >= 0.6 is 0 Å². The lowest BCUT2D eigenvalue weighted by atomic mass is 10.3. The van der Waals surface area contributed by atoms with Crippen molar-refractivity contribution in [2.24, 2.45) is 0 Å². The van der Waals surface area contributed by atoms with Crippen molar-refractivity contribution in [1.82, 2.24) is 15.6 Å². The molecule has 1 aromatic rings. The van der Waals surface area contributed by atoms with Gasteiger partial charge in [-0.1, -0.05) is 12.1 Å². The Morgan fingerprint density at radius 1 is 1.50 bits per heavy atom. The van der Waals surface area contributed by atoms with E-state index in [1.54, 1.807) is 12.3 Å². The Kier molecular flexibility index (Phi) is 5.88. The number of nitrogens with zero attached hydrogens (tertiary/aromatic N) is 1. The summed E-state index contributed by atoms with van der Waals surface area (Å²) in [6.45, 7) is 5.47. The van der Waals surface area contributed by atoms with Crippen molar-refractivity contribution >= 4 is 5.91 Å². The molecule has 1 rings (SSSR count). The van der Waals surface area contributed by atoms with Gasteiger partial charge in [0, 0.05) is 25.7 Å². The Hall–Kier alpha value is -1.68. The zero-order valence-electron chi connectivity index (χ0n) is 9.28. The normalized spacial score (nSPS) is 9.75. The first-order valence-corrected chi connectivity index (χ1v) is 5.31. The molecule has 1 aromatic heterocycles. The van der Waals surface area contributed by atoms with E-state index in [9.17, 15) is 4.79 Å². The molecule has 4 heteroatoms. The van der Waals surface area contributed by atoms with Crippen LogP contribution in [0.25, 0.3) is 0 Å². The van der Waals surface area contributed by atoms with Gasteiger partial charge < -0.3 is 10.6 Å². The summed E-state index contributed by atoms with van der Waals surface area (Å²) in [7, 11) is 0. The van der Waals surface area contributed by atoms with Crippen LogP contribution in [0.3, 0.4) is 0 Å². The zero-order valence-corrected chi connectivity index (χ0v) is 9.28. The minimum atomic E-state index is 0.0298. The predicted molar refractivity (Wildman–Crippen MR) is 63.8 cm³/mol. The fourth-order valence-corrected chi connectivity index (χ4v) is 1.19. The molecule has 0 aromatic carbocycles. The highest BCUT2D eigenvalue weighted by Crippen LogP contribution is 1.92. The van der Waals surface area contributed by atoms with E-state index in [2.05, 4.69) is 22.2 Å². The van der Waals surface area contributed by atoms with E-state index in [4.69, 9.17) is 0 Å². The lowest BCUT2D eigenvalue weighted by Gasteiger charge is -2.04. The molecule has 0 aliphatic heterocycles. The molecular formula is C12H17N3O. The first-order chi connectivity index (χ1) is 7.83. The van der Waals surface area contributed by atoms with E-state index in [1.165, 1.54) is 0 Å². The maximum absolute atomic E-state index is 11.4. The van der Waals surface area contributed by atoms with E-state index in [0.29, 0.717) is 19.5 Å². The molecule has 86 valence electrons. The standard InChI is InChI=1S/C12H17N3O/c1-2-7-13-9-6-12(16)15-10-11-5-3-4-8-14-11/h2-5,8,13H,1,6-7,9-10H2,(H,15,16). The lowest BCUT2D eigenvalue weighted by Crippen LogP contribution is -2.27. The summed E-state index contributed by atoms with van der Waals surface area (Å²) in [5, 5.41) is 5.88. The molecule has 0 bridgehead atoms. The van der Waals surface area contributed by atoms with Crippen LogP contribution in [0.1, 0.15) is 12.1 Å². The molecular weight excluding hydrogens is 202 g/mol. The quantitative estimate of drug-likeness (QED) is 0.528. The minimum absolute atomic E-state index is 0.0298. The molecule has 2 N–H and O–H groups in total. The molecule has 1 heterocycles. The lowest BCUT2D eigenvalue weighted by molar-refractivity contribution is -0.121. The molecule has 0 saturated carbocycles. The number of carbonyl (C=O) groups is 1. The molecule has 4 nitrogen and oxygen atoms in total. The van der Waals surface area contributed by atoms with Crippen LogP contribution in [0.4, 0.5) is 0 Å². The molecule has 0 fully saturated rings. The van der Waals surface area contributed by atoms with Gasteiger partial charge in [0.1, 0.15) is 0 Å². The van der Waals surface area contributed by atoms with Gasteiger partial charge in [0.25, 0.3) is 0 Å². The van der Waals surface area contributed by atoms with Crippen molar-refractivity contribution in [2.45, 2.75) is 13.0 Å². The SMILES string of the molecule is C=CCNCCC(=O)NCc1ccccn1. The molecule has 1 amide bonds. The van der Waals surface area contributed by atoms with Crippen molar-refractivity contribution in [3.05, 3.63) is 42.7 Å².